The van der Waals surface area contributed by atoms with Gasteiger partial charge in [-0.05, 0) is 25.2 Å². The van der Waals surface area contributed by atoms with E-state index in [0.717, 1.165) is 18.7 Å². The Morgan fingerprint density at radius 2 is 2.38 bits per heavy atom. The quantitative estimate of drug-likeness (QED) is 0.772. The number of hydrogen-bond donors (Lipinski definition) is 1. The molecule has 1 heterocycles. The second kappa shape index (κ2) is 5.34. The average molecular weight is 224 g/mol. The minimum absolute atomic E-state index is 0.397. The lowest BCUT2D eigenvalue weighted by Gasteiger charge is -2.03. The van der Waals surface area contributed by atoms with E-state index in [9.17, 15) is 0 Å². The molecule has 2 rings (SSSR count). The Morgan fingerprint density at radius 3 is 3.06 bits per heavy atom. The Balaban J connectivity index is 1.68. The third kappa shape index (κ3) is 3.85. The number of oxazole rings is 1. The molecule has 0 unspecified atom stereocenters. The summed E-state index contributed by atoms with van der Waals surface area (Å²) in [7, 11) is 0. The topological polar surface area (TPSA) is 47.3 Å². The Morgan fingerprint density at radius 1 is 1.56 bits per heavy atom. The zero-order chi connectivity index (χ0) is 11.4. The fourth-order valence-electron chi connectivity index (χ4n) is 1.35. The van der Waals surface area contributed by atoms with Gasteiger partial charge in [0, 0.05) is 12.6 Å². The summed E-state index contributed by atoms with van der Waals surface area (Å²) in [4.78, 5) is 4.26. The predicted molar refractivity (Wildman–Crippen MR) is 61.3 cm³/mol. The maximum atomic E-state index is 5.41. The fraction of sp³-hybridized carbons (Fsp3) is 0.750. The first-order valence-corrected chi connectivity index (χ1v) is 6.04. The van der Waals surface area contributed by atoms with Gasteiger partial charge in [0.25, 0.3) is 0 Å². The molecule has 1 saturated carbocycles. The molecule has 1 aliphatic carbocycles. The molecule has 4 heteroatoms. The lowest BCUT2D eigenvalue weighted by Crippen LogP contribution is -2.15. The Bertz CT molecular complexity index is 319. The molecule has 0 spiro atoms. The standard InChI is InChI=1S/C12H20N2O2/c1-9(2)5-6-15-12-14-11(8-16-12)7-13-10-3-4-10/h8-10,13H,3-7H2,1-2H3. The van der Waals surface area contributed by atoms with Crippen LogP contribution in [0.15, 0.2) is 10.7 Å². The van der Waals surface area contributed by atoms with Crippen molar-refractivity contribution in [2.24, 2.45) is 5.92 Å². The zero-order valence-electron chi connectivity index (χ0n) is 10.0. The van der Waals surface area contributed by atoms with Crippen LogP contribution in [0.4, 0.5) is 0 Å². The Labute approximate surface area is 96.4 Å². The maximum Gasteiger partial charge on any atom is 0.393 e. The van der Waals surface area contributed by atoms with Crippen molar-refractivity contribution in [2.45, 2.75) is 45.7 Å². The third-order valence-electron chi connectivity index (χ3n) is 2.60. The molecular formula is C12H20N2O2. The van der Waals surface area contributed by atoms with Crippen LogP contribution in [0, 0.1) is 5.92 Å². The monoisotopic (exact) mass is 224 g/mol. The molecule has 0 bridgehead atoms. The average Bonchev–Trinajstić information content (AvgIpc) is 2.96. The van der Waals surface area contributed by atoms with Crippen LogP contribution in [0.2, 0.25) is 0 Å². The lowest BCUT2D eigenvalue weighted by atomic mass is 10.1. The van der Waals surface area contributed by atoms with E-state index in [2.05, 4.69) is 24.1 Å². The van der Waals surface area contributed by atoms with Gasteiger partial charge in [-0.25, -0.2) is 0 Å². The second-order valence-electron chi connectivity index (χ2n) is 4.79. The highest BCUT2D eigenvalue weighted by molar-refractivity contribution is 5.00. The summed E-state index contributed by atoms with van der Waals surface area (Å²) in [6.45, 7) is 5.79. The molecule has 16 heavy (non-hydrogen) atoms. The summed E-state index contributed by atoms with van der Waals surface area (Å²) in [5.74, 6) is 0.644. The van der Waals surface area contributed by atoms with Crippen LogP contribution >= 0.6 is 0 Å². The van der Waals surface area contributed by atoms with Crippen LogP contribution in [0.1, 0.15) is 38.8 Å². The van der Waals surface area contributed by atoms with E-state index in [1.807, 2.05) is 0 Å². The number of hydrogen-bond acceptors (Lipinski definition) is 4. The second-order valence-corrected chi connectivity index (χ2v) is 4.79. The molecule has 4 nitrogen and oxygen atoms in total. The van der Waals surface area contributed by atoms with E-state index in [-0.39, 0.29) is 0 Å². The van der Waals surface area contributed by atoms with Crippen molar-refractivity contribution in [3.63, 3.8) is 0 Å². The van der Waals surface area contributed by atoms with Crippen LogP contribution < -0.4 is 10.1 Å². The number of aromatic nitrogens is 1. The fourth-order valence-corrected chi connectivity index (χ4v) is 1.35. The van der Waals surface area contributed by atoms with E-state index in [1.165, 1.54) is 12.8 Å². The van der Waals surface area contributed by atoms with Crippen LogP contribution in [0.25, 0.3) is 0 Å². The van der Waals surface area contributed by atoms with Crippen molar-refractivity contribution >= 4 is 0 Å². The minimum atomic E-state index is 0.397. The van der Waals surface area contributed by atoms with E-state index in [1.54, 1.807) is 6.26 Å². The first-order chi connectivity index (χ1) is 7.74. The van der Waals surface area contributed by atoms with Gasteiger partial charge in [-0.1, -0.05) is 13.8 Å². The SMILES string of the molecule is CC(C)CCOc1nc(CNC2CC2)co1. The summed E-state index contributed by atoms with van der Waals surface area (Å²) >= 11 is 0. The Hall–Kier alpha value is -1.03. The molecule has 1 fully saturated rings. The predicted octanol–water partition coefficient (Wildman–Crippen LogP) is 2.35. The van der Waals surface area contributed by atoms with Crippen molar-refractivity contribution in [3.05, 3.63) is 12.0 Å². The highest BCUT2D eigenvalue weighted by Gasteiger charge is 2.20. The molecule has 1 N–H and O–H groups in total. The number of rotatable bonds is 7. The zero-order valence-corrected chi connectivity index (χ0v) is 10.0. The summed E-state index contributed by atoms with van der Waals surface area (Å²) in [5, 5.41) is 3.38. The highest BCUT2D eigenvalue weighted by Crippen LogP contribution is 2.19. The minimum Gasteiger partial charge on any atom is -0.450 e. The molecule has 90 valence electrons. The van der Waals surface area contributed by atoms with Crippen molar-refractivity contribution in [3.8, 4) is 6.08 Å². The summed E-state index contributed by atoms with van der Waals surface area (Å²) < 4.78 is 10.6. The van der Waals surface area contributed by atoms with Gasteiger partial charge in [0.15, 0.2) is 0 Å². The molecule has 0 radical (unpaired) electrons. The van der Waals surface area contributed by atoms with Gasteiger partial charge in [-0.3, -0.25) is 0 Å². The number of nitrogens with one attached hydrogen (secondary N) is 1. The molecular weight excluding hydrogens is 204 g/mol. The van der Waals surface area contributed by atoms with Crippen LogP contribution in [0.5, 0.6) is 6.08 Å². The normalized spacial score (nSPS) is 15.7. The molecule has 0 aliphatic heterocycles. The molecule has 0 atom stereocenters. The van der Waals surface area contributed by atoms with E-state index >= 15 is 0 Å². The van der Waals surface area contributed by atoms with Crippen molar-refractivity contribution in [1.29, 1.82) is 0 Å². The molecule has 0 saturated heterocycles. The van der Waals surface area contributed by atoms with Gasteiger partial charge >= 0.3 is 6.08 Å². The van der Waals surface area contributed by atoms with Gasteiger partial charge in [-0.15, -0.1) is 0 Å². The number of nitrogens with zero attached hydrogens (tertiary/aromatic N) is 1. The first kappa shape index (κ1) is 11.5. The smallest absolute Gasteiger partial charge is 0.393 e. The molecule has 1 aromatic rings. The summed E-state index contributed by atoms with van der Waals surface area (Å²) in [6, 6.07) is 0.696. The number of ether oxygens (including phenoxy) is 1. The molecule has 1 aliphatic rings. The lowest BCUT2D eigenvalue weighted by molar-refractivity contribution is 0.216. The van der Waals surface area contributed by atoms with Crippen molar-refractivity contribution < 1.29 is 9.15 Å². The van der Waals surface area contributed by atoms with E-state index < -0.39 is 0 Å². The first-order valence-electron chi connectivity index (χ1n) is 6.04. The van der Waals surface area contributed by atoms with Crippen molar-refractivity contribution in [2.75, 3.05) is 6.61 Å². The summed E-state index contributed by atoms with van der Waals surface area (Å²) in [6.07, 6.45) is 5.66. The Kier molecular flexibility index (Phi) is 3.83. The van der Waals surface area contributed by atoms with Crippen LogP contribution in [0.3, 0.4) is 0 Å². The molecule has 0 amide bonds. The largest absolute Gasteiger partial charge is 0.450 e. The van der Waals surface area contributed by atoms with E-state index in [4.69, 9.17) is 9.15 Å². The van der Waals surface area contributed by atoms with Crippen LogP contribution in [-0.2, 0) is 6.54 Å². The third-order valence-corrected chi connectivity index (χ3v) is 2.60. The molecule has 1 aromatic heterocycles. The van der Waals surface area contributed by atoms with Crippen molar-refractivity contribution in [1.82, 2.24) is 10.3 Å². The van der Waals surface area contributed by atoms with Crippen LogP contribution in [-0.4, -0.2) is 17.6 Å². The van der Waals surface area contributed by atoms with Gasteiger partial charge in [0.2, 0.25) is 0 Å². The summed E-state index contributed by atoms with van der Waals surface area (Å²) in [5.41, 5.74) is 0.923. The van der Waals surface area contributed by atoms with Gasteiger partial charge < -0.3 is 14.5 Å². The van der Waals surface area contributed by atoms with Gasteiger partial charge in [0.05, 0.1) is 12.3 Å². The van der Waals surface area contributed by atoms with Gasteiger partial charge in [0.1, 0.15) is 6.26 Å². The van der Waals surface area contributed by atoms with Gasteiger partial charge in [-0.2, -0.15) is 4.98 Å². The highest BCUT2D eigenvalue weighted by atomic mass is 16.6. The van der Waals surface area contributed by atoms with E-state index in [0.29, 0.717) is 24.6 Å². The maximum absolute atomic E-state index is 5.41. The molecule has 0 aromatic carbocycles.